The van der Waals surface area contributed by atoms with Crippen LogP contribution in [0.4, 0.5) is 5.69 Å². The van der Waals surface area contributed by atoms with Crippen LogP contribution < -0.4 is 10.1 Å². The number of nitrogens with zero attached hydrogens (tertiary/aromatic N) is 1. The molecule has 5 heteroatoms. The molecule has 1 amide bonds. The zero-order valence-electron chi connectivity index (χ0n) is 16.3. The minimum Gasteiger partial charge on any atom is -0.492 e. The number of ether oxygens (including phenoxy) is 1. The lowest BCUT2D eigenvalue weighted by molar-refractivity contribution is -0.117. The van der Waals surface area contributed by atoms with E-state index in [4.69, 9.17) is 4.74 Å². The van der Waals surface area contributed by atoms with E-state index < -0.39 is 0 Å². The quantitative estimate of drug-likeness (QED) is 0.670. The number of anilines is 1. The van der Waals surface area contributed by atoms with Crippen molar-refractivity contribution in [2.24, 2.45) is 0 Å². The second-order valence-corrected chi connectivity index (χ2v) is 7.32. The molecule has 0 saturated carbocycles. The third kappa shape index (κ3) is 4.04. The van der Waals surface area contributed by atoms with Crippen molar-refractivity contribution in [2.45, 2.75) is 25.7 Å². The summed E-state index contributed by atoms with van der Waals surface area (Å²) in [5.41, 5.74) is 3.35. The predicted octanol–water partition coefficient (Wildman–Crippen LogP) is 4.38. The number of H-pyrrole nitrogens is 1. The van der Waals surface area contributed by atoms with Gasteiger partial charge in [0.25, 0.3) is 0 Å². The summed E-state index contributed by atoms with van der Waals surface area (Å²) in [5, 5.41) is 4.32. The number of hydrogen-bond donors (Lipinski definition) is 2. The number of para-hydroxylation sites is 3. The third-order valence-electron chi connectivity index (χ3n) is 5.48. The zero-order chi connectivity index (χ0) is 19.3. The zero-order valence-corrected chi connectivity index (χ0v) is 16.3. The number of benzene rings is 2. The van der Waals surface area contributed by atoms with Crippen LogP contribution in [-0.4, -0.2) is 42.0 Å². The number of hydrogen-bond acceptors (Lipinski definition) is 3. The smallest absolute Gasteiger partial charge is 0.238 e. The number of aromatic amines is 1. The fraction of sp³-hybridized carbons (Fsp3) is 0.348. The Balaban J connectivity index is 1.33. The molecule has 0 radical (unpaired) electrons. The van der Waals surface area contributed by atoms with Crippen LogP contribution in [0.2, 0.25) is 0 Å². The lowest BCUT2D eigenvalue weighted by atomic mass is 9.89. The number of likely N-dealkylation sites (tertiary alicyclic amines) is 1. The molecule has 1 saturated heterocycles. The summed E-state index contributed by atoms with van der Waals surface area (Å²) in [5.74, 6) is 1.28. The van der Waals surface area contributed by atoms with Gasteiger partial charge in [0.2, 0.25) is 5.91 Å². The Morgan fingerprint density at radius 2 is 1.89 bits per heavy atom. The van der Waals surface area contributed by atoms with Gasteiger partial charge in [-0.1, -0.05) is 30.3 Å². The van der Waals surface area contributed by atoms with Crippen LogP contribution in [0.1, 0.15) is 31.2 Å². The molecule has 1 aromatic heterocycles. The molecule has 1 aliphatic rings. The van der Waals surface area contributed by atoms with E-state index in [9.17, 15) is 4.79 Å². The molecule has 0 aliphatic carbocycles. The molecule has 5 nitrogen and oxygen atoms in total. The van der Waals surface area contributed by atoms with E-state index in [-0.39, 0.29) is 5.91 Å². The van der Waals surface area contributed by atoms with Crippen LogP contribution in [0.25, 0.3) is 10.9 Å². The van der Waals surface area contributed by atoms with Crippen molar-refractivity contribution in [2.75, 3.05) is 31.6 Å². The molecule has 0 atom stereocenters. The Bertz CT molecular complexity index is 942. The number of nitrogens with one attached hydrogen (secondary N) is 2. The van der Waals surface area contributed by atoms with Gasteiger partial charge >= 0.3 is 0 Å². The minimum atomic E-state index is 0.0118. The normalized spacial score (nSPS) is 15.6. The van der Waals surface area contributed by atoms with Crippen molar-refractivity contribution < 1.29 is 9.53 Å². The number of amides is 1. The van der Waals surface area contributed by atoms with E-state index in [0.717, 1.165) is 37.4 Å². The number of piperidine rings is 1. The summed E-state index contributed by atoms with van der Waals surface area (Å²) < 4.78 is 5.59. The summed E-state index contributed by atoms with van der Waals surface area (Å²) in [6.07, 6.45) is 4.30. The molecule has 146 valence electrons. The Morgan fingerprint density at radius 1 is 1.14 bits per heavy atom. The molecule has 2 heterocycles. The lowest BCUT2D eigenvalue weighted by Gasteiger charge is -2.31. The van der Waals surface area contributed by atoms with Crippen molar-refractivity contribution >= 4 is 22.5 Å². The van der Waals surface area contributed by atoms with E-state index in [0.29, 0.717) is 19.1 Å². The van der Waals surface area contributed by atoms with Crippen molar-refractivity contribution in [3.8, 4) is 5.75 Å². The van der Waals surface area contributed by atoms with E-state index in [1.165, 1.54) is 16.5 Å². The number of fused-ring (bicyclic) bond motifs is 1. The molecular formula is C23H27N3O2. The van der Waals surface area contributed by atoms with Gasteiger partial charge < -0.3 is 15.0 Å². The van der Waals surface area contributed by atoms with Crippen molar-refractivity contribution in [3.63, 3.8) is 0 Å². The highest BCUT2D eigenvalue weighted by molar-refractivity contribution is 5.93. The average Bonchev–Trinajstić information content (AvgIpc) is 3.14. The fourth-order valence-corrected chi connectivity index (χ4v) is 4.08. The monoisotopic (exact) mass is 377 g/mol. The van der Waals surface area contributed by atoms with Crippen LogP contribution in [0, 0.1) is 0 Å². The van der Waals surface area contributed by atoms with Crippen LogP contribution in [0.5, 0.6) is 5.75 Å². The molecule has 1 fully saturated rings. The van der Waals surface area contributed by atoms with Crippen LogP contribution in [0.3, 0.4) is 0 Å². The molecule has 2 N–H and O–H groups in total. The molecule has 28 heavy (non-hydrogen) atoms. The predicted molar refractivity (Wildman–Crippen MR) is 113 cm³/mol. The number of carbonyl (C=O) groups excluding carboxylic acids is 1. The highest BCUT2D eigenvalue weighted by atomic mass is 16.5. The summed E-state index contributed by atoms with van der Waals surface area (Å²) >= 11 is 0. The fourth-order valence-electron chi connectivity index (χ4n) is 4.08. The number of rotatable bonds is 6. The van der Waals surface area contributed by atoms with E-state index in [1.807, 2.05) is 31.2 Å². The molecule has 1 aliphatic heterocycles. The Kier molecular flexibility index (Phi) is 5.63. The number of aromatic nitrogens is 1. The van der Waals surface area contributed by atoms with Gasteiger partial charge in [0.1, 0.15) is 5.75 Å². The van der Waals surface area contributed by atoms with Crippen LogP contribution >= 0.6 is 0 Å². The first-order valence-electron chi connectivity index (χ1n) is 10.0. The van der Waals surface area contributed by atoms with Gasteiger partial charge in [-0.15, -0.1) is 0 Å². The highest BCUT2D eigenvalue weighted by Gasteiger charge is 2.24. The van der Waals surface area contributed by atoms with Gasteiger partial charge in [0, 0.05) is 17.1 Å². The molecule has 3 aromatic rings. The second-order valence-electron chi connectivity index (χ2n) is 7.32. The Hall–Kier alpha value is -2.79. The van der Waals surface area contributed by atoms with Gasteiger partial charge in [-0.25, -0.2) is 0 Å². The Morgan fingerprint density at radius 3 is 2.71 bits per heavy atom. The van der Waals surface area contributed by atoms with Gasteiger partial charge in [-0.05, 0) is 62.5 Å². The van der Waals surface area contributed by atoms with Gasteiger partial charge in [-0.2, -0.15) is 0 Å². The van der Waals surface area contributed by atoms with Crippen molar-refractivity contribution in [3.05, 3.63) is 60.3 Å². The first-order valence-corrected chi connectivity index (χ1v) is 10.0. The second kappa shape index (κ2) is 8.48. The first-order chi connectivity index (χ1) is 13.7. The molecule has 0 bridgehead atoms. The summed E-state index contributed by atoms with van der Waals surface area (Å²) in [6, 6.07) is 16.1. The molecular weight excluding hydrogens is 350 g/mol. The maximum atomic E-state index is 12.5. The van der Waals surface area contributed by atoms with E-state index in [1.54, 1.807) is 0 Å². The maximum absolute atomic E-state index is 12.5. The summed E-state index contributed by atoms with van der Waals surface area (Å²) in [6.45, 7) is 4.81. The maximum Gasteiger partial charge on any atom is 0.238 e. The van der Waals surface area contributed by atoms with Crippen molar-refractivity contribution in [1.82, 2.24) is 9.88 Å². The van der Waals surface area contributed by atoms with Crippen LogP contribution in [-0.2, 0) is 4.79 Å². The topological polar surface area (TPSA) is 57.4 Å². The molecule has 0 spiro atoms. The molecule has 2 aromatic carbocycles. The van der Waals surface area contributed by atoms with E-state index in [2.05, 4.69) is 45.7 Å². The van der Waals surface area contributed by atoms with Gasteiger partial charge in [0.15, 0.2) is 0 Å². The largest absolute Gasteiger partial charge is 0.492 e. The Labute approximate surface area is 165 Å². The van der Waals surface area contributed by atoms with E-state index >= 15 is 0 Å². The third-order valence-corrected chi connectivity index (χ3v) is 5.48. The van der Waals surface area contributed by atoms with Gasteiger partial charge in [0.05, 0.1) is 18.8 Å². The highest BCUT2D eigenvalue weighted by Crippen LogP contribution is 2.33. The van der Waals surface area contributed by atoms with Crippen LogP contribution in [0.15, 0.2) is 54.7 Å². The first kappa shape index (κ1) is 18.6. The minimum absolute atomic E-state index is 0.0118. The summed E-state index contributed by atoms with van der Waals surface area (Å²) in [4.78, 5) is 18.1. The standard InChI is InChI=1S/C23H27N3O2/c1-2-28-22-10-6-5-9-21(22)25-23(27)16-26-13-11-17(12-14-26)19-15-24-20-8-4-3-7-18(19)20/h3-10,15,17,24H,2,11-14,16H2,1H3,(H,25,27). The lowest BCUT2D eigenvalue weighted by Crippen LogP contribution is -2.38. The SMILES string of the molecule is CCOc1ccccc1NC(=O)CN1CCC(c2c[nH]c3ccccc23)CC1. The number of carbonyl (C=O) groups is 1. The molecule has 0 unspecified atom stereocenters. The summed E-state index contributed by atoms with van der Waals surface area (Å²) in [7, 11) is 0. The molecule has 4 rings (SSSR count). The van der Waals surface area contributed by atoms with Gasteiger partial charge in [-0.3, -0.25) is 9.69 Å². The van der Waals surface area contributed by atoms with Crippen molar-refractivity contribution in [1.29, 1.82) is 0 Å². The average molecular weight is 377 g/mol.